The van der Waals surface area contributed by atoms with Crippen LogP contribution in [0.5, 0.6) is 0 Å². The van der Waals surface area contributed by atoms with E-state index in [1.807, 2.05) is 20.8 Å². The minimum Gasteiger partial charge on any atom is -0.368 e. The van der Waals surface area contributed by atoms with Crippen LogP contribution in [0.1, 0.15) is 54.9 Å². The highest BCUT2D eigenvalue weighted by Crippen LogP contribution is 2.28. The first kappa shape index (κ1) is 18.4. The van der Waals surface area contributed by atoms with E-state index in [2.05, 4.69) is 37.9 Å². The quantitative estimate of drug-likeness (QED) is 0.780. The summed E-state index contributed by atoms with van der Waals surface area (Å²) in [5.41, 5.74) is 4.59. The van der Waals surface area contributed by atoms with Crippen LogP contribution in [-0.2, 0) is 9.53 Å². The lowest BCUT2D eigenvalue weighted by molar-refractivity contribution is -0.181. The zero-order chi connectivity index (χ0) is 16.5. The van der Waals surface area contributed by atoms with Crippen LogP contribution in [0.25, 0.3) is 0 Å². The van der Waals surface area contributed by atoms with Crippen LogP contribution in [0.3, 0.4) is 0 Å². The van der Waals surface area contributed by atoms with Crippen molar-refractivity contribution in [3.05, 3.63) is 0 Å². The Labute approximate surface area is 129 Å². The third kappa shape index (κ3) is 5.57. The Kier molecular flexibility index (Phi) is 5.45. The van der Waals surface area contributed by atoms with Crippen LogP contribution >= 0.6 is 0 Å². The van der Waals surface area contributed by atoms with Crippen molar-refractivity contribution in [3.63, 3.8) is 0 Å². The van der Waals surface area contributed by atoms with Gasteiger partial charge in [-0.1, -0.05) is 0 Å². The van der Waals surface area contributed by atoms with Gasteiger partial charge in [0.05, 0.1) is 16.7 Å². The molecule has 0 aromatic carbocycles. The fourth-order valence-electron chi connectivity index (χ4n) is 3.39. The van der Waals surface area contributed by atoms with E-state index in [0.717, 1.165) is 19.6 Å². The van der Waals surface area contributed by atoms with E-state index < -0.39 is 5.54 Å². The maximum absolute atomic E-state index is 11.8. The number of amides is 1. The fourth-order valence-corrected chi connectivity index (χ4v) is 3.39. The molecule has 21 heavy (non-hydrogen) atoms. The van der Waals surface area contributed by atoms with Crippen molar-refractivity contribution in [2.75, 3.05) is 19.6 Å². The fraction of sp³-hybridized carbons (Fsp3) is 0.938. The molecule has 0 aromatic heterocycles. The average Bonchev–Trinajstić information content (AvgIpc) is 2.20. The maximum Gasteiger partial charge on any atom is 0.237 e. The Morgan fingerprint density at radius 2 is 1.76 bits per heavy atom. The molecule has 1 fully saturated rings. The summed E-state index contributed by atoms with van der Waals surface area (Å²) in [7, 11) is 0. The SMILES string of the molecule is CC(C)NC(C)(CCN1CC(C)(C)OC(C)(C)C1)C(N)=O. The second kappa shape index (κ2) is 6.23. The standard InChI is InChI=1S/C16H33N3O2/c1-12(2)18-16(7,13(17)20)8-9-19-10-14(3,4)21-15(5,6)11-19/h12,18H,8-11H2,1-7H3,(H2,17,20). The van der Waals surface area contributed by atoms with Crippen LogP contribution in [0, 0.1) is 0 Å². The van der Waals surface area contributed by atoms with Crippen molar-refractivity contribution in [2.24, 2.45) is 5.73 Å². The molecule has 124 valence electrons. The van der Waals surface area contributed by atoms with Crippen molar-refractivity contribution < 1.29 is 9.53 Å². The van der Waals surface area contributed by atoms with Gasteiger partial charge in [0, 0.05) is 25.7 Å². The molecule has 5 heteroatoms. The lowest BCUT2D eigenvalue weighted by Crippen LogP contribution is -2.60. The van der Waals surface area contributed by atoms with Gasteiger partial charge in [-0.3, -0.25) is 9.69 Å². The average molecular weight is 299 g/mol. The Balaban J connectivity index is 2.69. The minimum atomic E-state index is -0.666. The Hall–Kier alpha value is -0.650. The molecule has 1 atom stereocenters. The number of rotatable bonds is 6. The first-order chi connectivity index (χ1) is 9.35. The van der Waals surface area contributed by atoms with Crippen molar-refractivity contribution in [3.8, 4) is 0 Å². The molecule has 1 rings (SSSR count). The summed E-state index contributed by atoms with van der Waals surface area (Å²) in [6.45, 7) is 17.0. The summed E-state index contributed by atoms with van der Waals surface area (Å²) in [5, 5.41) is 3.30. The third-order valence-corrected chi connectivity index (χ3v) is 3.84. The number of hydrogen-bond donors (Lipinski definition) is 2. The molecular weight excluding hydrogens is 266 g/mol. The van der Waals surface area contributed by atoms with Gasteiger partial charge in [-0.05, 0) is 54.9 Å². The topological polar surface area (TPSA) is 67.6 Å². The largest absolute Gasteiger partial charge is 0.368 e. The van der Waals surface area contributed by atoms with E-state index in [-0.39, 0.29) is 23.2 Å². The molecule has 5 nitrogen and oxygen atoms in total. The summed E-state index contributed by atoms with van der Waals surface area (Å²) in [4.78, 5) is 14.2. The number of nitrogens with zero attached hydrogens (tertiary/aromatic N) is 1. The van der Waals surface area contributed by atoms with Crippen LogP contribution in [0.4, 0.5) is 0 Å². The van der Waals surface area contributed by atoms with E-state index >= 15 is 0 Å². The van der Waals surface area contributed by atoms with Gasteiger partial charge in [0.15, 0.2) is 0 Å². The number of nitrogens with two attached hydrogens (primary N) is 1. The number of nitrogens with one attached hydrogen (secondary N) is 1. The number of hydrogen-bond acceptors (Lipinski definition) is 4. The summed E-state index contributed by atoms with van der Waals surface area (Å²) >= 11 is 0. The molecule has 0 radical (unpaired) electrons. The van der Waals surface area contributed by atoms with Crippen LogP contribution in [0.15, 0.2) is 0 Å². The van der Waals surface area contributed by atoms with Crippen molar-refractivity contribution >= 4 is 5.91 Å². The Morgan fingerprint density at radius 1 is 1.29 bits per heavy atom. The molecular formula is C16H33N3O2. The van der Waals surface area contributed by atoms with Gasteiger partial charge in [-0.25, -0.2) is 0 Å². The molecule has 0 aliphatic carbocycles. The predicted molar refractivity (Wildman–Crippen MR) is 86.2 cm³/mol. The molecule has 0 bridgehead atoms. The summed E-state index contributed by atoms with van der Waals surface area (Å²) in [5.74, 6) is -0.289. The second-order valence-corrected chi connectivity index (χ2v) is 8.08. The van der Waals surface area contributed by atoms with Gasteiger partial charge in [0.25, 0.3) is 0 Å². The highest BCUT2D eigenvalue weighted by molar-refractivity contribution is 5.84. The smallest absolute Gasteiger partial charge is 0.237 e. The van der Waals surface area contributed by atoms with Gasteiger partial charge in [0.2, 0.25) is 5.91 Å². The molecule has 0 spiro atoms. The lowest BCUT2D eigenvalue weighted by Gasteiger charge is -2.47. The first-order valence-corrected chi connectivity index (χ1v) is 7.85. The van der Waals surface area contributed by atoms with Crippen molar-refractivity contribution in [1.82, 2.24) is 10.2 Å². The van der Waals surface area contributed by atoms with E-state index in [1.165, 1.54) is 0 Å². The van der Waals surface area contributed by atoms with Crippen molar-refractivity contribution in [1.29, 1.82) is 0 Å². The summed E-state index contributed by atoms with van der Waals surface area (Å²) in [6, 6.07) is 0.222. The zero-order valence-corrected chi connectivity index (χ0v) is 14.7. The minimum absolute atomic E-state index is 0.170. The molecule has 1 amide bonds. The second-order valence-electron chi connectivity index (χ2n) is 8.08. The zero-order valence-electron chi connectivity index (χ0n) is 14.7. The van der Waals surface area contributed by atoms with E-state index in [4.69, 9.17) is 10.5 Å². The first-order valence-electron chi connectivity index (χ1n) is 7.85. The lowest BCUT2D eigenvalue weighted by atomic mass is 9.93. The molecule has 0 aromatic rings. The number of carbonyl (C=O) groups excluding carboxylic acids is 1. The van der Waals surface area contributed by atoms with E-state index in [0.29, 0.717) is 6.42 Å². The normalized spacial score (nSPS) is 24.8. The summed E-state index contributed by atoms with van der Waals surface area (Å²) < 4.78 is 6.09. The molecule has 1 heterocycles. The van der Waals surface area contributed by atoms with Crippen LogP contribution in [-0.4, -0.2) is 53.2 Å². The van der Waals surface area contributed by atoms with Gasteiger partial charge >= 0.3 is 0 Å². The Bertz CT molecular complexity index is 364. The molecule has 0 saturated carbocycles. The van der Waals surface area contributed by atoms with E-state index in [9.17, 15) is 4.79 Å². The number of morpholine rings is 1. The van der Waals surface area contributed by atoms with Gasteiger partial charge in [0.1, 0.15) is 0 Å². The monoisotopic (exact) mass is 299 g/mol. The van der Waals surface area contributed by atoms with Gasteiger partial charge in [-0.2, -0.15) is 0 Å². The molecule has 1 unspecified atom stereocenters. The maximum atomic E-state index is 11.8. The molecule has 1 saturated heterocycles. The highest BCUT2D eigenvalue weighted by atomic mass is 16.5. The number of primary amides is 1. The highest BCUT2D eigenvalue weighted by Gasteiger charge is 2.39. The molecule has 1 aliphatic rings. The molecule has 3 N–H and O–H groups in total. The molecule has 1 aliphatic heterocycles. The summed E-state index contributed by atoms with van der Waals surface area (Å²) in [6.07, 6.45) is 0.701. The third-order valence-electron chi connectivity index (χ3n) is 3.84. The van der Waals surface area contributed by atoms with Crippen molar-refractivity contribution in [2.45, 2.75) is 77.7 Å². The van der Waals surface area contributed by atoms with E-state index in [1.54, 1.807) is 0 Å². The number of carbonyl (C=O) groups is 1. The Morgan fingerprint density at radius 3 is 2.14 bits per heavy atom. The number of ether oxygens (including phenoxy) is 1. The van der Waals surface area contributed by atoms with Gasteiger partial charge in [-0.15, -0.1) is 0 Å². The van der Waals surface area contributed by atoms with Crippen LogP contribution < -0.4 is 11.1 Å². The van der Waals surface area contributed by atoms with Gasteiger partial charge < -0.3 is 15.8 Å². The predicted octanol–water partition coefficient (Wildman–Crippen LogP) is 1.51. The van der Waals surface area contributed by atoms with Crippen LogP contribution in [0.2, 0.25) is 0 Å².